The number of nitrogen functional groups attached to an aromatic ring is 1. The van der Waals surface area contributed by atoms with E-state index in [2.05, 4.69) is 0 Å². The van der Waals surface area contributed by atoms with Gasteiger partial charge in [-0.2, -0.15) is 0 Å². The van der Waals surface area contributed by atoms with Gasteiger partial charge in [-0.3, -0.25) is 14.5 Å². The van der Waals surface area contributed by atoms with Crippen LogP contribution in [0, 0.1) is 10.2 Å². The van der Waals surface area contributed by atoms with Crippen molar-refractivity contribution < 1.29 is 43.2 Å². The predicted molar refractivity (Wildman–Crippen MR) is 269 cm³/mol. The molecule has 1 aliphatic heterocycles. The number of anilines is 1. The topological polar surface area (TPSA) is 190 Å². The first-order valence-electron chi connectivity index (χ1n) is 22.5. The number of methoxy groups -OCH3 is 1. The molecule has 0 aliphatic carbocycles. The summed E-state index contributed by atoms with van der Waals surface area (Å²) in [5.74, 6) is -2.00. The zero-order chi connectivity index (χ0) is 49.2. The Kier molecular flexibility index (Phi) is 12.6. The maximum absolute atomic E-state index is 14.4. The van der Waals surface area contributed by atoms with Gasteiger partial charge >= 0.3 is 17.9 Å². The molecule has 0 bridgehead atoms. The molecule has 4 N–H and O–H groups in total. The number of carbonyl (C=O) groups is 3. The molecule has 7 aromatic carbocycles. The highest BCUT2D eigenvalue weighted by Crippen LogP contribution is 2.43. The molecule has 0 unspecified atom stereocenters. The van der Waals surface area contributed by atoms with E-state index < -0.39 is 49.1 Å². The Labute approximate surface area is 411 Å². The number of aromatic nitrogens is 3. The first kappa shape index (κ1) is 45.8. The van der Waals surface area contributed by atoms with Gasteiger partial charge < -0.3 is 34.5 Å². The van der Waals surface area contributed by atoms with Crippen LogP contribution in [-0.2, 0) is 18.9 Å². The maximum atomic E-state index is 14.4. The van der Waals surface area contributed by atoms with Crippen molar-refractivity contribution >= 4 is 57.6 Å². The van der Waals surface area contributed by atoms with Gasteiger partial charge in [-0.25, -0.2) is 19.4 Å². The van der Waals surface area contributed by atoms with E-state index in [9.17, 15) is 24.9 Å². The molecule has 2 aromatic heterocycles. The number of rotatable bonds is 12. The van der Waals surface area contributed by atoms with Gasteiger partial charge in [0.25, 0.3) is 0 Å². The summed E-state index contributed by atoms with van der Waals surface area (Å²) in [6, 6.07) is 51.6. The zero-order valence-electron chi connectivity index (χ0n) is 37.9. The summed E-state index contributed by atoms with van der Waals surface area (Å²) in [4.78, 5) is 47.5. The van der Waals surface area contributed by atoms with Crippen molar-refractivity contribution in [2.45, 2.75) is 24.5 Å². The highest BCUT2D eigenvalue weighted by Gasteiger charge is 2.52. The molecule has 4 atom stereocenters. The highest BCUT2D eigenvalue weighted by molar-refractivity contribution is 7.71. The molecule has 0 saturated carbocycles. The maximum Gasteiger partial charge on any atom is 0.338 e. The summed E-state index contributed by atoms with van der Waals surface area (Å²) < 4.78 is 34.4. The Hall–Kier alpha value is -8.92. The number of nitrogens with zero attached hydrogens (tertiary/aromatic N) is 3. The van der Waals surface area contributed by atoms with Crippen LogP contribution in [0.5, 0.6) is 11.5 Å². The average Bonchev–Trinajstić information content (AvgIpc) is 3.73. The Balaban J connectivity index is 1.28. The third kappa shape index (κ3) is 8.86. The predicted octanol–water partition coefficient (Wildman–Crippen LogP) is 10.0. The Bertz CT molecular complexity index is 3610. The summed E-state index contributed by atoms with van der Waals surface area (Å²) in [7, 11) is 1.49. The van der Waals surface area contributed by atoms with Gasteiger partial charge in [0.1, 0.15) is 35.3 Å². The van der Waals surface area contributed by atoms with E-state index in [-0.39, 0.29) is 43.7 Å². The number of esters is 3. The van der Waals surface area contributed by atoms with Gasteiger partial charge in [0.2, 0.25) is 0 Å². The molecule has 3 heterocycles. The van der Waals surface area contributed by atoms with Crippen molar-refractivity contribution in [1.82, 2.24) is 14.1 Å². The van der Waals surface area contributed by atoms with Crippen LogP contribution in [0.3, 0.4) is 0 Å². The lowest BCUT2D eigenvalue weighted by molar-refractivity contribution is -0.0617. The number of hydrogen-bond donors (Lipinski definition) is 3. The van der Waals surface area contributed by atoms with Crippen molar-refractivity contribution in [3.63, 3.8) is 0 Å². The average molecular weight is 962 g/mol. The molecule has 0 spiro atoms. The van der Waals surface area contributed by atoms with E-state index >= 15 is 0 Å². The monoisotopic (exact) mass is 961 g/mol. The second-order valence-corrected chi connectivity index (χ2v) is 16.9. The number of phenols is 1. The molecule has 352 valence electrons. The van der Waals surface area contributed by atoms with Gasteiger partial charge in [0.05, 0.1) is 40.6 Å². The summed E-state index contributed by atoms with van der Waals surface area (Å²) in [5.41, 5.74) is 9.33. The van der Waals surface area contributed by atoms with Crippen LogP contribution in [0.1, 0.15) is 37.3 Å². The number of nitrogens with one attached hydrogen (secondary N) is 1. The number of pyridine rings is 1. The molecular formula is C56H43N5O9S. The largest absolute Gasteiger partial charge is 0.507 e. The number of phenolic OH excluding ortho intramolecular Hbond substituents is 1. The summed E-state index contributed by atoms with van der Waals surface area (Å²) in [5, 5.41) is 23.8. The summed E-state index contributed by atoms with van der Waals surface area (Å²) in [6.07, 6.45) is -5.82. The Morgan fingerprint density at radius 2 is 1.30 bits per heavy atom. The number of ether oxygens (including phenoxy) is 5. The van der Waals surface area contributed by atoms with Gasteiger partial charge in [-0.1, -0.05) is 109 Å². The Morgan fingerprint density at radius 1 is 0.718 bits per heavy atom. The van der Waals surface area contributed by atoms with E-state index in [0.29, 0.717) is 44.9 Å². The second kappa shape index (κ2) is 19.6. The number of para-hydroxylation sites is 2. The minimum absolute atomic E-state index is 0.0589. The molecule has 15 heteroatoms. The van der Waals surface area contributed by atoms with Crippen molar-refractivity contribution in [3.05, 3.63) is 209 Å². The van der Waals surface area contributed by atoms with Gasteiger partial charge in [0.15, 0.2) is 23.2 Å². The normalized spacial score (nSPS) is 16.4. The fourth-order valence-corrected chi connectivity index (χ4v) is 9.20. The summed E-state index contributed by atoms with van der Waals surface area (Å²) in [6.45, 7) is -0.482. The van der Waals surface area contributed by atoms with Crippen LogP contribution >= 0.6 is 12.2 Å². The third-order valence-corrected chi connectivity index (χ3v) is 12.6. The fourth-order valence-electron chi connectivity index (χ4n) is 8.82. The van der Waals surface area contributed by atoms with E-state index in [0.717, 1.165) is 5.39 Å². The molecule has 1 fully saturated rings. The lowest BCUT2D eigenvalue weighted by Gasteiger charge is -2.28. The first-order chi connectivity index (χ1) is 34.6. The molecule has 71 heavy (non-hydrogen) atoms. The van der Waals surface area contributed by atoms with E-state index in [1.165, 1.54) is 16.2 Å². The van der Waals surface area contributed by atoms with Crippen LogP contribution in [0.2, 0.25) is 0 Å². The number of aromatic hydroxyl groups is 1. The number of fused-ring (bicyclic) bond motifs is 2. The van der Waals surface area contributed by atoms with Gasteiger partial charge in [0, 0.05) is 22.4 Å². The van der Waals surface area contributed by atoms with E-state index in [1.807, 2.05) is 24.3 Å². The van der Waals surface area contributed by atoms with Crippen molar-refractivity contribution in [1.29, 1.82) is 5.41 Å². The number of hydrogen-bond acceptors (Lipinski definition) is 13. The third-order valence-electron chi connectivity index (χ3n) is 12.2. The van der Waals surface area contributed by atoms with Crippen LogP contribution < -0.4 is 16.0 Å². The standard InChI is InChI=1S/C56H43N5O9S/c1-66-44-24-14-13-23-42(44)60-50(58)47-40(46-39-22-12-11-15-33(39)27-30-43(46)62)31-41(34-25-28-38(57)29-26-34)59-51(47)61(56(60)71)52-49(70-55(65)37-20-9-4-10-21-37)48(69-54(64)36-18-7-3-8-19-36)45(68-52)32-67-53(63)35-16-5-2-6-17-35/h2-31,45,48-49,52,58,62H,32,57H2,1H3/t45-,48-,49-,52-/m1/s1. The quantitative estimate of drug-likeness (QED) is 0.0455. The van der Waals surface area contributed by atoms with Crippen LogP contribution in [0.15, 0.2) is 182 Å². The molecule has 0 radical (unpaired) electrons. The number of benzene rings is 7. The number of nitrogens with two attached hydrogens (primary N) is 1. The fraction of sp³-hybridized carbons (Fsp3) is 0.107. The molecule has 10 rings (SSSR count). The van der Waals surface area contributed by atoms with Crippen LogP contribution in [0.4, 0.5) is 5.69 Å². The Morgan fingerprint density at radius 3 is 1.94 bits per heavy atom. The van der Waals surface area contributed by atoms with Gasteiger partial charge in [-0.15, -0.1) is 0 Å². The number of carbonyl (C=O) groups excluding carboxylic acids is 3. The minimum atomic E-state index is -1.54. The van der Waals surface area contributed by atoms with Gasteiger partial charge in [-0.05, 0) is 95.8 Å². The molecule has 1 aliphatic rings. The van der Waals surface area contributed by atoms with Crippen LogP contribution in [-0.4, -0.2) is 69.2 Å². The van der Waals surface area contributed by atoms with Crippen molar-refractivity contribution in [2.75, 3.05) is 19.5 Å². The van der Waals surface area contributed by atoms with E-state index in [4.69, 9.17) is 46.6 Å². The second-order valence-electron chi connectivity index (χ2n) is 16.6. The zero-order valence-corrected chi connectivity index (χ0v) is 38.7. The molecular weight excluding hydrogens is 919 g/mol. The van der Waals surface area contributed by atoms with Crippen LogP contribution in [0.25, 0.3) is 49.9 Å². The molecule has 0 amide bonds. The summed E-state index contributed by atoms with van der Waals surface area (Å²) >= 11 is 6.48. The van der Waals surface area contributed by atoms with Crippen molar-refractivity contribution in [3.8, 4) is 39.6 Å². The smallest absolute Gasteiger partial charge is 0.338 e. The molecule has 1 saturated heterocycles. The SMILES string of the molecule is COc1ccccc1-n1c(=N)c2c(-c3c(O)ccc4ccccc34)cc(-c3ccc(N)cc3)nc2n([C@@H]2O[C@H](COC(=O)c3ccccc3)[C@@H](OC(=O)c3ccccc3)[C@H]2OC(=O)c2ccccc2)c1=S. The lowest BCUT2D eigenvalue weighted by atomic mass is 9.94. The first-order valence-corrected chi connectivity index (χ1v) is 22.9. The minimum Gasteiger partial charge on any atom is -0.507 e. The van der Waals surface area contributed by atoms with Crippen molar-refractivity contribution in [2.24, 2.45) is 0 Å². The molecule has 9 aromatic rings. The van der Waals surface area contributed by atoms with E-state index in [1.54, 1.807) is 158 Å². The highest BCUT2D eigenvalue weighted by atomic mass is 32.1. The molecule has 14 nitrogen and oxygen atoms in total. The lowest BCUT2D eigenvalue weighted by Crippen LogP contribution is -2.42.